The molecule has 1 N–H and O–H groups in total. The van der Waals surface area contributed by atoms with Crippen LogP contribution in [0.5, 0.6) is 0 Å². The maximum absolute atomic E-state index is 14.0. The number of nitrogens with one attached hydrogen (secondary N) is 1. The Morgan fingerprint density at radius 3 is 2.62 bits per heavy atom. The minimum atomic E-state index is -0.599. The van der Waals surface area contributed by atoms with E-state index in [0.717, 1.165) is 25.9 Å². The van der Waals surface area contributed by atoms with Crippen molar-refractivity contribution in [1.82, 2.24) is 10.2 Å². The third-order valence-electron chi connectivity index (χ3n) is 4.42. The average molecular weight is 340 g/mol. The largest absolute Gasteiger partial charge is 0.378 e. The van der Waals surface area contributed by atoms with E-state index in [1.807, 2.05) is 0 Å². The van der Waals surface area contributed by atoms with E-state index in [1.54, 1.807) is 19.0 Å². The topological polar surface area (TPSA) is 41.6 Å². The number of rotatable bonds is 7. The fourth-order valence-corrected chi connectivity index (χ4v) is 3.00. The first-order chi connectivity index (χ1) is 11.5. The highest BCUT2D eigenvalue weighted by Crippen LogP contribution is 2.24. The molecular formula is C18H26F2N2O2. The van der Waals surface area contributed by atoms with Crippen LogP contribution >= 0.6 is 0 Å². The van der Waals surface area contributed by atoms with Gasteiger partial charge in [0.1, 0.15) is 11.6 Å². The average Bonchev–Trinajstić information content (AvgIpc) is 2.56. The number of nitrogens with zero attached hydrogens (tertiary/aromatic N) is 1. The molecule has 0 saturated carbocycles. The quantitative estimate of drug-likeness (QED) is 0.829. The second-order valence-electron chi connectivity index (χ2n) is 6.45. The van der Waals surface area contributed by atoms with Gasteiger partial charge in [0.15, 0.2) is 0 Å². The lowest BCUT2D eigenvalue weighted by molar-refractivity contribution is -0.122. The first kappa shape index (κ1) is 18.8. The van der Waals surface area contributed by atoms with Crippen LogP contribution in [-0.2, 0) is 9.53 Å². The third-order valence-corrected chi connectivity index (χ3v) is 4.42. The molecule has 0 spiro atoms. The van der Waals surface area contributed by atoms with Crippen LogP contribution in [0.25, 0.3) is 0 Å². The lowest BCUT2D eigenvalue weighted by atomic mass is 10.0. The van der Waals surface area contributed by atoms with Gasteiger partial charge in [-0.1, -0.05) is 6.07 Å². The first-order valence-electron chi connectivity index (χ1n) is 8.47. The Labute approximate surface area is 142 Å². The molecule has 1 aliphatic heterocycles. The summed E-state index contributed by atoms with van der Waals surface area (Å²) in [4.78, 5) is 13.7. The van der Waals surface area contributed by atoms with Crippen molar-refractivity contribution in [3.05, 3.63) is 35.4 Å². The normalized spacial score (nSPS) is 19.3. The fourth-order valence-electron chi connectivity index (χ4n) is 3.00. The van der Waals surface area contributed by atoms with Crippen molar-refractivity contribution in [3.63, 3.8) is 0 Å². The van der Waals surface area contributed by atoms with Crippen molar-refractivity contribution < 1.29 is 18.3 Å². The van der Waals surface area contributed by atoms with Crippen molar-refractivity contribution >= 4 is 5.91 Å². The SMILES string of the molecule is CN(C)[C@H](CNC(=O)CC[C@H]1CCCCO1)c1c(F)cccc1F. The Morgan fingerprint density at radius 1 is 1.33 bits per heavy atom. The molecular weight excluding hydrogens is 314 g/mol. The summed E-state index contributed by atoms with van der Waals surface area (Å²) >= 11 is 0. The predicted molar refractivity (Wildman–Crippen MR) is 88.6 cm³/mol. The Kier molecular flexibility index (Phi) is 7.12. The van der Waals surface area contributed by atoms with Crippen molar-refractivity contribution in [1.29, 1.82) is 0 Å². The van der Waals surface area contributed by atoms with Gasteiger partial charge in [0.05, 0.1) is 12.1 Å². The second kappa shape index (κ2) is 9.08. The van der Waals surface area contributed by atoms with Gasteiger partial charge in [0, 0.05) is 25.1 Å². The standard InChI is InChI=1S/C18H26F2N2O2/c1-22(2)16(18-14(19)7-5-8-15(18)20)12-21-17(23)10-9-13-6-3-4-11-24-13/h5,7-8,13,16H,3-4,6,9-12H2,1-2H3,(H,21,23)/t13-,16-/m1/s1. The van der Waals surface area contributed by atoms with Gasteiger partial charge >= 0.3 is 0 Å². The van der Waals surface area contributed by atoms with E-state index in [4.69, 9.17) is 4.74 Å². The maximum atomic E-state index is 14.0. The number of benzene rings is 1. The number of carbonyl (C=O) groups excluding carboxylic acids is 1. The molecule has 1 amide bonds. The van der Waals surface area contributed by atoms with Gasteiger partial charge in [-0.15, -0.1) is 0 Å². The van der Waals surface area contributed by atoms with Crippen LogP contribution in [0, 0.1) is 11.6 Å². The zero-order valence-corrected chi connectivity index (χ0v) is 14.4. The molecule has 0 unspecified atom stereocenters. The summed E-state index contributed by atoms with van der Waals surface area (Å²) in [7, 11) is 3.47. The fraction of sp³-hybridized carbons (Fsp3) is 0.611. The van der Waals surface area contributed by atoms with Gasteiger partial charge in [-0.2, -0.15) is 0 Å². The lowest BCUT2D eigenvalue weighted by Crippen LogP contribution is -2.36. The lowest BCUT2D eigenvalue weighted by Gasteiger charge is -2.26. The number of likely N-dealkylation sites (N-methyl/N-ethyl adjacent to an activating group) is 1. The molecule has 0 bridgehead atoms. The molecule has 134 valence electrons. The molecule has 2 rings (SSSR count). The number of halogens is 2. The Hall–Kier alpha value is -1.53. The van der Waals surface area contributed by atoms with Gasteiger partial charge < -0.3 is 15.0 Å². The van der Waals surface area contributed by atoms with E-state index in [9.17, 15) is 13.6 Å². The van der Waals surface area contributed by atoms with Crippen LogP contribution in [0.4, 0.5) is 8.78 Å². The van der Waals surface area contributed by atoms with Crippen LogP contribution in [-0.4, -0.2) is 44.2 Å². The number of carbonyl (C=O) groups is 1. The van der Waals surface area contributed by atoms with Crippen molar-refractivity contribution in [2.45, 2.75) is 44.2 Å². The maximum Gasteiger partial charge on any atom is 0.220 e. The highest BCUT2D eigenvalue weighted by molar-refractivity contribution is 5.75. The van der Waals surface area contributed by atoms with E-state index in [0.29, 0.717) is 12.8 Å². The van der Waals surface area contributed by atoms with E-state index in [2.05, 4.69) is 5.32 Å². The highest BCUT2D eigenvalue weighted by atomic mass is 19.1. The summed E-state index contributed by atoms with van der Waals surface area (Å²) in [6, 6.07) is 3.25. The Morgan fingerprint density at radius 2 is 2.04 bits per heavy atom. The minimum Gasteiger partial charge on any atom is -0.378 e. The number of amides is 1. The second-order valence-corrected chi connectivity index (χ2v) is 6.45. The summed E-state index contributed by atoms with van der Waals surface area (Å²) in [5.74, 6) is -1.31. The molecule has 1 aliphatic rings. The summed E-state index contributed by atoms with van der Waals surface area (Å²) in [6.45, 7) is 0.927. The molecule has 4 nitrogen and oxygen atoms in total. The molecule has 0 aliphatic carbocycles. The summed E-state index contributed by atoms with van der Waals surface area (Å²) in [5.41, 5.74) is -0.0154. The number of ether oxygens (including phenoxy) is 1. The van der Waals surface area contributed by atoms with Crippen LogP contribution in [0.3, 0.4) is 0 Å². The van der Waals surface area contributed by atoms with E-state index in [-0.39, 0.29) is 24.1 Å². The van der Waals surface area contributed by atoms with E-state index in [1.165, 1.54) is 18.2 Å². The Bertz CT molecular complexity index is 526. The van der Waals surface area contributed by atoms with Crippen molar-refractivity contribution in [2.75, 3.05) is 27.2 Å². The van der Waals surface area contributed by atoms with Gasteiger partial charge in [-0.3, -0.25) is 4.79 Å². The van der Waals surface area contributed by atoms with Crippen LogP contribution in [0.15, 0.2) is 18.2 Å². The molecule has 1 heterocycles. The van der Waals surface area contributed by atoms with Gasteiger partial charge in [0.2, 0.25) is 5.91 Å². The molecule has 1 aromatic rings. The summed E-state index contributed by atoms with van der Waals surface area (Å²) in [5, 5.41) is 2.79. The molecule has 1 saturated heterocycles. The molecule has 0 radical (unpaired) electrons. The highest BCUT2D eigenvalue weighted by Gasteiger charge is 2.23. The predicted octanol–water partition coefficient (Wildman–Crippen LogP) is 3.03. The smallest absolute Gasteiger partial charge is 0.220 e. The monoisotopic (exact) mass is 340 g/mol. The molecule has 0 aromatic heterocycles. The van der Waals surface area contributed by atoms with Gasteiger partial charge in [-0.05, 0) is 51.9 Å². The first-order valence-corrected chi connectivity index (χ1v) is 8.47. The zero-order chi connectivity index (χ0) is 17.5. The molecule has 6 heteroatoms. The minimum absolute atomic E-state index is 0.0154. The number of hydrogen-bond acceptors (Lipinski definition) is 3. The molecule has 2 atom stereocenters. The summed E-state index contributed by atoms with van der Waals surface area (Å²) in [6.07, 6.45) is 4.42. The van der Waals surface area contributed by atoms with Crippen LogP contribution in [0.2, 0.25) is 0 Å². The Balaban J connectivity index is 1.88. The summed E-state index contributed by atoms with van der Waals surface area (Å²) < 4.78 is 33.6. The van der Waals surface area contributed by atoms with E-state index >= 15 is 0 Å². The van der Waals surface area contributed by atoms with Crippen molar-refractivity contribution in [2.24, 2.45) is 0 Å². The van der Waals surface area contributed by atoms with Crippen LogP contribution in [0.1, 0.15) is 43.7 Å². The van der Waals surface area contributed by atoms with Gasteiger partial charge in [0.25, 0.3) is 0 Å². The van der Waals surface area contributed by atoms with Crippen molar-refractivity contribution in [3.8, 4) is 0 Å². The zero-order valence-electron chi connectivity index (χ0n) is 14.4. The molecule has 1 aromatic carbocycles. The van der Waals surface area contributed by atoms with E-state index < -0.39 is 17.7 Å². The molecule has 24 heavy (non-hydrogen) atoms. The van der Waals surface area contributed by atoms with Crippen LogP contribution < -0.4 is 5.32 Å². The van der Waals surface area contributed by atoms with Gasteiger partial charge in [-0.25, -0.2) is 8.78 Å². The third kappa shape index (κ3) is 5.24. The molecule has 1 fully saturated rings. The number of hydrogen-bond donors (Lipinski definition) is 1.